The van der Waals surface area contributed by atoms with Crippen molar-refractivity contribution in [3.8, 4) is 17.0 Å². The molecular formula is C14H16N2O2S. The highest BCUT2D eigenvalue weighted by Crippen LogP contribution is 2.28. The van der Waals surface area contributed by atoms with Crippen LogP contribution in [0.2, 0.25) is 0 Å². The van der Waals surface area contributed by atoms with Gasteiger partial charge in [0.25, 0.3) is 0 Å². The Hall–Kier alpha value is -1.46. The van der Waals surface area contributed by atoms with Crippen molar-refractivity contribution in [3.63, 3.8) is 0 Å². The largest absolute Gasteiger partial charge is 0.491 e. The minimum Gasteiger partial charge on any atom is -0.491 e. The number of ether oxygens (including phenoxy) is 2. The smallest absolute Gasteiger partial charge is 0.120 e. The first-order chi connectivity index (χ1) is 9.36. The Labute approximate surface area is 116 Å². The molecule has 0 aliphatic carbocycles. The highest BCUT2D eigenvalue weighted by molar-refractivity contribution is 7.05. The van der Waals surface area contributed by atoms with Crippen LogP contribution < -0.4 is 4.74 Å². The Balaban J connectivity index is 1.78. The van der Waals surface area contributed by atoms with E-state index in [1.165, 1.54) is 16.4 Å². The zero-order valence-corrected chi connectivity index (χ0v) is 11.7. The molecule has 1 unspecified atom stereocenters. The van der Waals surface area contributed by atoms with Crippen LogP contribution in [-0.2, 0) is 11.2 Å². The van der Waals surface area contributed by atoms with Gasteiger partial charge in [0, 0.05) is 5.56 Å². The van der Waals surface area contributed by atoms with Crippen LogP contribution in [0.4, 0.5) is 0 Å². The van der Waals surface area contributed by atoms with Crippen molar-refractivity contribution in [2.24, 2.45) is 0 Å². The quantitative estimate of drug-likeness (QED) is 0.761. The second-order valence-corrected chi connectivity index (χ2v) is 5.43. The van der Waals surface area contributed by atoms with Gasteiger partial charge in [0.05, 0.1) is 11.5 Å². The highest BCUT2D eigenvalue weighted by Gasteiger charge is 2.23. The van der Waals surface area contributed by atoms with Gasteiger partial charge < -0.3 is 9.47 Å². The van der Waals surface area contributed by atoms with Crippen molar-refractivity contribution < 1.29 is 9.47 Å². The lowest BCUT2D eigenvalue weighted by atomic mass is 10.1. The summed E-state index contributed by atoms with van der Waals surface area (Å²) in [6.07, 6.45) is 2.40. The van der Waals surface area contributed by atoms with Crippen molar-refractivity contribution in [1.29, 1.82) is 0 Å². The lowest BCUT2D eigenvalue weighted by Gasteiger charge is -2.06. The van der Waals surface area contributed by atoms with E-state index in [2.05, 4.69) is 22.6 Å². The molecule has 3 rings (SSSR count). The van der Waals surface area contributed by atoms with Gasteiger partial charge in [-0.3, -0.25) is 0 Å². The molecule has 1 aromatic carbocycles. The van der Waals surface area contributed by atoms with Gasteiger partial charge in [-0.2, -0.15) is 0 Å². The number of hydrogen-bond acceptors (Lipinski definition) is 5. The Morgan fingerprint density at radius 3 is 3.16 bits per heavy atom. The van der Waals surface area contributed by atoms with Gasteiger partial charge in [-0.25, -0.2) is 0 Å². The van der Waals surface area contributed by atoms with Gasteiger partial charge in [0.1, 0.15) is 24.2 Å². The maximum atomic E-state index is 5.70. The first-order valence-electron chi connectivity index (χ1n) is 6.53. The average Bonchev–Trinajstić information content (AvgIpc) is 3.15. The van der Waals surface area contributed by atoms with Gasteiger partial charge in [0.15, 0.2) is 0 Å². The molecule has 0 radical (unpaired) electrons. The lowest BCUT2D eigenvalue weighted by Crippen LogP contribution is -2.03. The molecule has 0 N–H and O–H groups in total. The van der Waals surface area contributed by atoms with E-state index in [0.29, 0.717) is 6.61 Å². The minimum atomic E-state index is 0.278. The molecule has 4 nitrogen and oxygen atoms in total. The van der Waals surface area contributed by atoms with Crippen molar-refractivity contribution in [2.45, 2.75) is 25.9 Å². The Morgan fingerprint density at radius 1 is 1.47 bits per heavy atom. The van der Waals surface area contributed by atoms with Gasteiger partial charge in [-0.15, -0.1) is 5.10 Å². The van der Waals surface area contributed by atoms with Gasteiger partial charge >= 0.3 is 0 Å². The summed E-state index contributed by atoms with van der Waals surface area (Å²) in [6, 6.07) is 8.04. The lowest BCUT2D eigenvalue weighted by molar-refractivity contribution is 0.263. The molecule has 100 valence electrons. The van der Waals surface area contributed by atoms with Crippen LogP contribution in [0.15, 0.2) is 24.3 Å². The molecule has 19 heavy (non-hydrogen) atoms. The monoisotopic (exact) mass is 276 g/mol. The molecule has 1 saturated heterocycles. The van der Waals surface area contributed by atoms with E-state index in [-0.39, 0.29) is 6.10 Å². The van der Waals surface area contributed by atoms with Crippen LogP contribution in [0.25, 0.3) is 11.3 Å². The molecule has 1 aliphatic rings. The summed E-state index contributed by atoms with van der Waals surface area (Å²) in [7, 11) is 0. The Kier molecular flexibility index (Phi) is 3.75. The third kappa shape index (κ3) is 3.11. The van der Waals surface area contributed by atoms with E-state index in [1.807, 2.05) is 18.2 Å². The molecule has 2 heterocycles. The molecule has 1 aromatic heterocycles. The van der Waals surface area contributed by atoms with Gasteiger partial charge in [-0.05, 0) is 30.1 Å². The van der Waals surface area contributed by atoms with E-state index < -0.39 is 0 Å². The summed E-state index contributed by atoms with van der Waals surface area (Å²) in [5.41, 5.74) is 2.06. The zero-order valence-electron chi connectivity index (χ0n) is 10.8. The molecule has 1 aliphatic heterocycles. The van der Waals surface area contributed by atoms with E-state index >= 15 is 0 Å². The van der Waals surface area contributed by atoms with Crippen LogP contribution in [0.3, 0.4) is 0 Å². The fraction of sp³-hybridized carbons (Fsp3) is 0.429. The maximum Gasteiger partial charge on any atom is 0.120 e. The third-order valence-corrected chi connectivity index (χ3v) is 3.76. The van der Waals surface area contributed by atoms with Crippen molar-refractivity contribution in [1.82, 2.24) is 9.59 Å². The molecular weight excluding hydrogens is 260 g/mol. The standard InChI is InChI=1S/C14H16N2O2S/c1-2-4-13-14(15-16-19-13)10-5-3-6-11(7-10)17-8-12-9-18-12/h3,5-7,12H,2,4,8-9H2,1H3. The summed E-state index contributed by atoms with van der Waals surface area (Å²) in [6.45, 7) is 3.61. The van der Waals surface area contributed by atoms with Crippen LogP contribution in [0.5, 0.6) is 5.75 Å². The summed E-state index contributed by atoms with van der Waals surface area (Å²) < 4.78 is 14.9. The van der Waals surface area contributed by atoms with Crippen LogP contribution in [-0.4, -0.2) is 28.9 Å². The number of nitrogens with zero attached hydrogens (tertiary/aromatic N) is 2. The fourth-order valence-corrected chi connectivity index (χ4v) is 2.67. The first kappa shape index (κ1) is 12.6. The summed E-state index contributed by atoms with van der Waals surface area (Å²) in [4.78, 5) is 1.24. The molecule has 1 fully saturated rings. The normalized spacial score (nSPS) is 17.4. The number of aromatic nitrogens is 2. The Bertz CT molecular complexity index is 552. The predicted molar refractivity (Wildman–Crippen MR) is 74.6 cm³/mol. The van der Waals surface area contributed by atoms with E-state index in [4.69, 9.17) is 9.47 Å². The first-order valence-corrected chi connectivity index (χ1v) is 7.30. The minimum absolute atomic E-state index is 0.278. The Morgan fingerprint density at radius 2 is 2.37 bits per heavy atom. The SMILES string of the molecule is CCCc1snnc1-c1cccc(OCC2CO2)c1. The van der Waals surface area contributed by atoms with E-state index in [0.717, 1.165) is 36.5 Å². The van der Waals surface area contributed by atoms with Gasteiger partial charge in [0.2, 0.25) is 0 Å². The molecule has 0 amide bonds. The molecule has 5 heteroatoms. The van der Waals surface area contributed by atoms with Crippen LogP contribution >= 0.6 is 11.5 Å². The summed E-state index contributed by atoms with van der Waals surface area (Å²) in [5.74, 6) is 0.864. The summed E-state index contributed by atoms with van der Waals surface area (Å²) in [5, 5.41) is 4.24. The predicted octanol–water partition coefficient (Wildman–Crippen LogP) is 2.94. The second kappa shape index (κ2) is 5.67. The van der Waals surface area contributed by atoms with E-state index in [1.54, 1.807) is 0 Å². The van der Waals surface area contributed by atoms with Crippen molar-refractivity contribution in [3.05, 3.63) is 29.1 Å². The van der Waals surface area contributed by atoms with E-state index in [9.17, 15) is 0 Å². The highest BCUT2D eigenvalue weighted by atomic mass is 32.1. The number of aryl methyl sites for hydroxylation is 1. The molecule has 2 aromatic rings. The molecule has 0 spiro atoms. The van der Waals surface area contributed by atoms with Crippen LogP contribution in [0.1, 0.15) is 18.2 Å². The number of benzene rings is 1. The van der Waals surface area contributed by atoms with Crippen molar-refractivity contribution >= 4 is 11.5 Å². The fourth-order valence-electron chi connectivity index (χ4n) is 1.91. The van der Waals surface area contributed by atoms with Crippen molar-refractivity contribution in [2.75, 3.05) is 13.2 Å². The second-order valence-electron chi connectivity index (χ2n) is 4.59. The number of hydrogen-bond donors (Lipinski definition) is 0. The van der Waals surface area contributed by atoms with Gasteiger partial charge in [-0.1, -0.05) is 30.0 Å². The maximum absolute atomic E-state index is 5.70. The molecule has 1 atom stereocenters. The molecule has 0 saturated carbocycles. The number of rotatable bonds is 6. The number of epoxide rings is 1. The summed E-state index contributed by atoms with van der Waals surface area (Å²) >= 11 is 1.48. The zero-order chi connectivity index (χ0) is 13.1. The topological polar surface area (TPSA) is 47.5 Å². The average molecular weight is 276 g/mol. The van der Waals surface area contributed by atoms with Crippen LogP contribution in [0, 0.1) is 0 Å². The molecule has 0 bridgehead atoms. The third-order valence-electron chi connectivity index (χ3n) is 2.98.